The van der Waals surface area contributed by atoms with E-state index in [1.165, 1.54) is 25.6 Å². The van der Waals surface area contributed by atoms with Crippen LogP contribution in [0.5, 0.6) is 0 Å². The first-order valence-corrected chi connectivity index (χ1v) is 9.77. The summed E-state index contributed by atoms with van der Waals surface area (Å²) in [6.07, 6.45) is 3.75. The molecule has 0 aliphatic carbocycles. The van der Waals surface area contributed by atoms with Crippen molar-refractivity contribution in [3.8, 4) is 11.3 Å². The summed E-state index contributed by atoms with van der Waals surface area (Å²) < 4.78 is 30.9. The van der Waals surface area contributed by atoms with Gasteiger partial charge in [-0.15, -0.1) is 0 Å². The molecule has 0 unspecified atom stereocenters. The molecule has 2 N–H and O–H groups in total. The van der Waals surface area contributed by atoms with Crippen LogP contribution < -0.4 is 10.0 Å². The van der Waals surface area contributed by atoms with Gasteiger partial charge in [-0.1, -0.05) is 24.3 Å². The topological polar surface area (TPSA) is 101 Å². The molecule has 0 spiro atoms. The molecule has 0 saturated carbocycles. The number of benzene rings is 2. The number of nitrogens with zero attached hydrogens (tertiary/aromatic N) is 1. The third-order valence-electron chi connectivity index (χ3n) is 4.01. The second-order valence-corrected chi connectivity index (χ2v) is 7.73. The minimum atomic E-state index is -3.45. The Morgan fingerprint density at radius 2 is 1.93 bits per heavy atom. The van der Waals surface area contributed by atoms with Crippen LogP contribution in [0.25, 0.3) is 11.3 Å². The molecule has 0 radical (unpaired) electrons. The first-order chi connectivity index (χ1) is 13.0. The number of aromatic nitrogens is 1. The average molecular weight is 385 g/mol. The maximum atomic E-state index is 12.2. The van der Waals surface area contributed by atoms with Crippen LogP contribution in [0.4, 0.5) is 5.69 Å². The zero-order valence-corrected chi connectivity index (χ0v) is 15.5. The largest absolute Gasteiger partial charge is 0.444 e. The zero-order valence-electron chi connectivity index (χ0n) is 14.7. The summed E-state index contributed by atoms with van der Waals surface area (Å²) in [7, 11) is -2.09. The zero-order chi connectivity index (χ0) is 19.3. The molecule has 3 aromatic rings. The van der Waals surface area contributed by atoms with Gasteiger partial charge in [0.15, 0.2) is 12.2 Å². The molecule has 0 fully saturated rings. The van der Waals surface area contributed by atoms with Crippen molar-refractivity contribution in [3.05, 3.63) is 66.7 Å². The molecule has 0 saturated heterocycles. The van der Waals surface area contributed by atoms with E-state index < -0.39 is 10.0 Å². The Hall–Kier alpha value is -2.97. The van der Waals surface area contributed by atoms with Crippen LogP contribution in [0, 0.1) is 0 Å². The van der Waals surface area contributed by atoms with Crippen molar-refractivity contribution in [2.75, 3.05) is 12.4 Å². The molecular weight excluding hydrogens is 366 g/mol. The fourth-order valence-corrected chi connectivity index (χ4v) is 3.27. The normalized spacial score (nSPS) is 11.3. The molecule has 1 heterocycles. The first kappa shape index (κ1) is 18.8. The minimum Gasteiger partial charge on any atom is -0.444 e. The molecule has 2 aromatic carbocycles. The smallest absolute Gasteiger partial charge is 0.240 e. The molecule has 0 atom stereocenters. The Kier molecular flexibility index (Phi) is 5.68. The van der Waals surface area contributed by atoms with E-state index in [0.29, 0.717) is 17.9 Å². The first-order valence-electron chi connectivity index (χ1n) is 8.29. The third kappa shape index (κ3) is 4.81. The quantitative estimate of drug-likeness (QED) is 0.651. The van der Waals surface area contributed by atoms with Gasteiger partial charge < -0.3 is 9.73 Å². The Bertz CT molecular complexity index is 1010. The van der Waals surface area contributed by atoms with E-state index >= 15 is 0 Å². The summed E-state index contributed by atoms with van der Waals surface area (Å²) in [5, 5.41) is 2.85. The van der Waals surface area contributed by atoms with Crippen molar-refractivity contribution in [1.29, 1.82) is 0 Å². The molecule has 0 bridgehead atoms. The predicted molar refractivity (Wildman–Crippen MR) is 102 cm³/mol. The Morgan fingerprint density at radius 3 is 2.59 bits per heavy atom. The van der Waals surface area contributed by atoms with Gasteiger partial charge in [0.25, 0.3) is 0 Å². The lowest BCUT2D eigenvalue weighted by Crippen LogP contribution is -2.18. The van der Waals surface area contributed by atoms with Crippen molar-refractivity contribution < 1.29 is 17.6 Å². The maximum absolute atomic E-state index is 12.2. The van der Waals surface area contributed by atoms with E-state index in [0.717, 1.165) is 11.1 Å². The van der Waals surface area contributed by atoms with Crippen LogP contribution in [0.15, 0.2) is 70.4 Å². The van der Waals surface area contributed by atoms with E-state index in [2.05, 4.69) is 15.0 Å². The maximum Gasteiger partial charge on any atom is 0.240 e. The van der Waals surface area contributed by atoms with Crippen LogP contribution in [0.3, 0.4) is 0 Å². The number of hydrogen-bond acceptors (Lipinski definition) is 5. The molecule has 0 aliphatic rings. The lowest BCUT2D eigenvalue weighted by molar-refractivity contribution is -0.116. The van der Waals surface area contributed by atoms with E-state index in [4.69, 9.17) is 4.42 Å². The number of carbonyl (C=O) groups is 1. The second kappa shape index (κ2) is 8.15. The van der Waals surface area contributed by atoms with Crippen molar-refractivity contribution in [2.24, 2.45) is 0 Å². The number of aryl methyl sites for hydroxylation is 1. The summed E-state index contributed by atoms with van der Waals surface area (Å²) in [6.45, 7) is 0. The van der Waals surface area contributed by atoms with E-state index in [9.17, 15) is 13.2 Å². The highest BCUT2D eigenvalue weighted by Gasteiger charge is 2.11. The van der Waals surface area contributed by atoms with Gasteiger partial charge in [0.05, 0.1) is 11.1 Å². The van der Waals surface area contributed by atoms with Crippen LogP contribution in [-0.4, -0.2) is 26.4 Å². The van der Waals surface area contributed by atoms with Gasteiger partial charge in [0, 0.05) is 17.7 Å². The van der Waals surface area contributed by atoms with Crippen LogP contribution in [0.2, 0.25) is 0 Å². The Balaban J connectivity index is 1.58. The number of nitrogens with one attached hydrogen (secondary N) is 2. The third-order valence-corrected chi connectivity index (χ3v) is 5.44. The highest BCUT2D eigenvalue weighted by atomic mass is 32.2. The van der Waals surface area contributed by atoms with E-state index in [1.54, 1.807) is 24.4 Å². The summed E-state index contributed by atoms with van der Waals surface area (Å²) in [5.41, 5.74) is 2.38. The van der Waals surface area contributed by atoms with Gasteiger partial charge >= 0.3 is 0 Å². The molecular formula is C19H19N3O4S. The molecule has 1 aromatic heterocycles. The number of oxazole rings is 1. The summed E-state index contributed by atoms with van der Waals surface area (Å²) in [5.74, 6) is 0.499. The number of hydrogen-bond donors (Lipinski definition) is 2. The summed E-state index contributed by atoms with van der Waals surface area (Å²) in [6, 6.07) is 13.8. The van der Waals surface area contributed by atoms with Gasteiger partial charge in [0.2, 0.25) is 15.9 Å². The Morgan fingerprint density at radius 1 is 1.15 bits per heavy atom. The van der Waals surface area contributed by atoms with Gasteiger partial charge in [-0.05, 0) is 43.3 Å². The SMILES string of the molecule is CNS(=O)(=O)c1ccc(CCC(=O)Nc2cccc(-c3cnco3)c2)cc1. The van der Waals surface area contributed by atoms with Crippen molar-refractivity contribution in [2.45, 2.75) is 17.7 Å². The average Bonchev–Trinajstić information content (AvgIpc) is 3.22. The molecule has 1 amide bonds. The van der Waals surface area contributed by atoms with Crippen LogP contribution in [-0.2, 0) is 21.2 Å². The molecule has 0 aliphatic heterocycles. The van der Waals surface area contributed by atoms with E-state index in [1.807, 2.05) is 18.2 Å². The predicted octanol–water partition coefficient (Wildman–Crippen LogP) is 2.82. The number of sulfonamides is 1. The lowest BCUT2D eigenvalue weighted by atomic mass is 10.1. The lowest BCUT2D eigenvalue weighted by Gasteiger charge is -2.07. The Labute approximate surface area is 157 Å². The fraction of sp³-hybridized carbons (Fsp3) is 0.158. The standard InChI is InChI=1S/C19H19N3O4S/c1-20-27(24,25)17-8-5-14(6-9-17)7-10-19(23)22-16-4-2-3-15(11-16)18-12-21-13-26-18/h2-6,8-9,11-13,20H,7,10H2,1H3,(H,22,23). The monoisotopic (exact) mass is 385 g/mol. The van der Waals surface area contributed by atoms with Gasteiger partial charge in [-0.3, -0.25) is 4.79 Å². The highest BCUT2D eigenvalue weighted by Crippen LogP contribution is 2.22. The van der Waals surface area contributed by atoms with Crippen molar-refractivity contribution in [3.63, 3.8) is 0 Å². The molecule has 3 rings (SSSR count). The van der Waals surface area contributed by atoms with Gasteiger partial charge in [-0.25, -0.2) is 18.1 Å². The molecule has 7 nitrogen and oxygen atoms in total. The molecule has 8 heteroatoms. The molecule has 27 heavy (non-hydrogen) atoms. The van der Waals surface area contributed by atoms with Crippen LogP contribution in [0.1, 0.15) is 12.0 Å². The van der Waals surface area contributed by atoms with E-state index in [-0.39, 0.29) is 17.2 Å². The van der Waals surface area contributed by atoms with Crippen molar-refractivity contribution >= 4 is 21.6 Å². The number of rotatable bonds is 7. The fourth-order valence-electron chi connectivity index (χ4n) is 2.54. The van der Waals surface area contributed by atoms with Gasteiger partial charge in [-0.2, -0.15) is 0 Å². The van der Waals surface area contributed by atoms with Crippen molar-refractivity contribution in [1.82, 2.24) is 9.71 Å². The van der Waals surface area contributed by atoms with Crippen LogP contribution >= 0.6 is 0 Å². The van der Waals surface area contributed by atoms with Gasteiger partial charge in [0.1, 0.15) is 0 Å². The summed E-state index contributed by atoms with van der Waals surface area (Å²) in [4.78, 5) is 16.3. The number of amides is 1. The number of anilines is 1. The second-order valence-electron chi connectivity index (χ2n) is 5.85. The molecule has 140 valence electrons. The minimum absolute atomic E-state index is 0.128. The highest BCUT2D eigenvalue weighted by molar-refractivity contribution is 7.89. The summed E-state index contributed by atoms with van der Waals surface area (Å²) >= 11 is 0. The number of carbonyl (C=O) groups excluding carboxylic acids is 1.